The highest BCUT2D eigenvalue weighted by Gasteiger charge is 2.26. The number of benzene rings is 1. The molecular weight excluding hydrogens is 250 g/mol. The Kier molecular flexibility index (Phi) is 4.12. The number of hydrogen-bond acceptors (Lipinski definition) is 3. The second kappa shape index (κ2) is 5.61. The van der Waals surface area contributed by atoms with Gasteiger partial charge in [-0.15, -0.1) is 0 Å². The van der Waals surface area contributed by atoms with Crippen LogP contribution >= 0.6 is 11.6 Å². The van der Waals surface area contributed by atoms with Gasteiger partial charge in [0, 0.05) is 12.5 Å². The van der Waals surface area contributed by atoms with Crippen LogP contribution < -0.4 is 10.5 Å². The third kappa shape index (κ3) is 3.16. The first-order valence-electron chi connectivity index (χ1n) is 6.32. The van der Waals surface area contributed by atoms with Crippen molar-refractivity contribution >= 4 is 23.3 Å². The Morgan fingerprint density at radius 2 is 2.28 bits per heavy atom. The minimum Gasteiger partial charge on any atom is -0.426 e. The Labute approximate surface area is 112 Å². The molecule has 98 valence electrons. The monoisotopic (exact) mass is 267 g/mol. The van der Waals surface area contributed by atoms with E-state index in [2.05, 4.69) is 6.92 Å². The zero-order valence-electron chi connectivity index (χ0n) is 10.5. The first-order valence-corrected chi connectivity index (χ1v) is 6.70. The molecule has 1 saturated carbocycles. The number of nitrogen functional groups attached to an aromatic ring is 1. The molecular formula is C14H18ClNO2. The molecule has 2 rings (SSSR count). The summed E-state index contributed by atoms with van der Waals surface area (Å²) < 4.78 is 5.26. The van der Waals surface area contributed by atoms with Crippen LogP contribution in [0, 0.1) is 11.8 Å². The number of halogens is 1. The Hall–Kier alpha value is -1.22. The molecule has 1 aliphatic rings. The number of carbonyl (C=O) groups is 1. The second-order valence-electron chi connectivity index (χ2n) is 5.03. The Morgan fingerprint density at radius 1 is 1.56 bits per heavy atom. The lowest BCUT2D eigenvalue weighted by molar-refractivity contribution is -0.136. The van der Waals surface area contributed by atoms with E-state index in [-0.39, 0.29) is 5.97 Å². The zero-order chi connectivity index (χ0) is 13.1. The molecule has 0 bridgehead atoms. The molecule has 0 aliphatic heterocycles. The van der Waals surface area contributed by atoms with Gasteiger partial charge >= 0.3 is 5.97 Å². The van der Waals surface area contributed by atoms with Crippen LogP contribution in [0.3, 0.4) is 0 Å². The molecule has 1 fully saturated rings. The number of nitrogens with two attached hydrogens (primary N) is 1. The van der Waals surface area contributed by atoms with Gasteiger partial charge in [0.1, 0.15) is 5.75 Å². The molecule has 0 saturated heterocycles. The number of ether oxygens (including phenoxy) is 1. The van der Waals surface area contributed by atoms with Gasteiger partial charge in [0.2, 0.25) is 0 Å². The third-order valence-electron chi connectivity index (χ3n) is 3.64. The van der Waals surface area contributed by atoms with Crippen molar-refractivity contribution < 1.29 is 9.53 Å². The van der Waals surface area contributed by atoms with E-state index in [1.807, 2.05) is 0 Å². The molecule has 3 nitrogen and oxygen atoms in total. The molecule has 0 aromatic heterocycles. The SMILES string of the molecule is CC(CC(=O)Oc1ccc(Cl)c(N)c1)C1CCC1. The molecule has 0 heterocycles. The van der Waals surface area contributed by atoms with Crippen molar-refractivity contribution in [2.45, 2.75) is 32.6 Å². The van der Waals surface area contributed by atoms with Gasteiger partial charge in [-0.3, -0.25) is 4.79 Å². The molecule has 0 spiro atoms. The van der Waals surface area contributed by atoms with Crippen molar-refractivity contribution in [3.05, 3.63) is 23.2 Å². The quantitative estimate of drug-likeness (QED) is 0.515. The van der Waals surface area contributed by atoms with Crippen molar-refractivity contribution in [3.63, 3.8) is 0 Å². The van der Waals surface area contributed by atoms with Crippen LogP contribution in [0.25, 0.3) is 0 Å². The van der Waals surface area contributed by atoms with E-state index in [9.17, 15) is 4.79 Å². The number of rotatable bonds is 4. The summed E-state index contributed by atoms with van der Waals surface area (Å²) >= 11 is 5.80. The van der Waals surface area contributed by atoms with Crippen LogP contribution in [0.1, 0.15) is 32.6 Å². The van der Waals surface area contributed by atoms with Gasteiger partial charge < -0.3 is 10.5 Å². The summed E-state index contributed by atoms with van der Waals surface area (Å²) in [5.41, 5.74) is 6.08. The minimum absolute atomic E-state index is 0.198. The Bertz CT molecular complexity index is 443. The topological polar surface area (TPSA) is 52.3 Å². The number of hydrogen-bond donors (Lipinski definition) is 1. The fraction of sp³-hybridized carbons (Fsp3) is 0.500. The maximum absolute atomic E-state index is 11.8. The summed E-state index contributed by atoms with van der Waals surface area (Å²) in [6, 6.07) is 4.87. The van der Waals surface area contributed by atoms with E-state index in [0.717, 1.165) is 0 Å². The highest BCUT2D eigenvalue weighted by molar-refractivity contribution is 6.33. The fourth-order valence-electron chi connectivity index (χ4n) is 2.20. The van der Waals surface area contributed by atoms with Crippen molar-refractivity contribution in [1.82, 2.24) is 0 Å². The molecule has 4 heteroatoms. The van der Waals surface area contributed by atoms with Gasteiger partial charge in [-0.25, -0.2) is 0 Å². The Balaban J connectivity index is 1.88. The van der Waals surface area contributed by atoms with E-state index in [4.69, 9.17) is 22.1 Å². The molecule has 1 unspecified atom stereocenters. The van der Waals surface area contributed by atoms with Crippen molar-refractivity contribution in [2.24, 2.45) is 11.8 Å². The Morgan fingerprint density at radius 3 is 2.83 bits per heavy atom. The maximum Gasteiger partial charge on any atom is 0.311 e. The van der Waals surface area contributed by atoms with E-state index in [1.54, 1.807) is 18.2 Å². The van der Waals surface area contributed by atoms with Crippen LogP contribution in [0.2, 0.25) is 5.02 Å². The zero-order valence-corrected chi connectivity index (χ0v) is 11.2. The van der Waals surface area contributed by atoms with Gasteiger partial charge in [-0.1, -0.05) is 37.8 Å². The lowest BCUT2D eigenvalue weighted by atomic mass is 9.75. The van der Waals surface area contributed by atoms with Gasteiger partial charge in [-0.05, 0) is 24.0 Å². The van der Waals surface area contributed by atoms with Gasteiger partial charge in [0.15, 0.2) is 0 Å². The van der Waals surface area contributed by atoms with Gasteiger partial charge in [0.05, 0.1) is 10.7 Å². The van der Waals surface area contributed by atoms with Crippen LogP contribution in [-0.4, -0.2) is 5.97 Å². The van der Waals surface area contributed by atoms with E-state index >= 15 is 0 Å². The molecule has 1 aliphatic carbocycles. The van der Waals surface area contributed by atoms with E-state index < -0.39 is 0 Å². The highest BCUT2D eigenvalue weighted by Crippen LogP contribution is 2.35. The largest absolute Gasteiger partial charge is 0.426 e. The van der Waals surface area contributed by atoms with Crippen molar-refractivity contribution in [2.75, 3.05) is 5.73 Å². The lowest BCUT2D eigenvalue weighted by Crippen LogP contribution is -2.23. The predicted octanol–water partition coefficient (Wildman–Crippen LogP) is 3.65. The van der Waals surface area contributed by atoms with E-state index in [1.165, 1.54) is 19.3 Å². The summed E-state index contributed by atoms with van der Waals surface area (Å²) in [6.45, 7) is 2.11. The summed E-state index contributed by atoms with van der Waals surface area (Å²) in [4.78, 5) is 11.8. The van der Waals surface area contributed by atoms with E-state index in [0.29, 0.717) is 34.7 Å². The van der Waals surface area contributed by atoms with Crippen molar-refractivity contribution in [1.29, 1.82) is 0 Å². The predicted molar refractivity (Wildman–Crippen MR) is 72.6 cm³/mol. The van der Waals surface area contributed by atoms with Crippen LogP contribution in [-0.2, 0) is 4.79 Å². The minimum atomic E-state index is -0.198. The fourth-order valence-corrected chi connectivity index (χ4v) is 2.31. The summed E-state index contributed by atoms with van der Waals surface area (Å²) in [5, 5.41) is 0.470. The first kappa shape index (κ1) is 13.2. The van der Waals surface area contributed by atoms with Crippen LogP contribution in [0.15, 0.2) is 18.2 Å². The molecule has 0 radical (unpaired) electrons. The average molecular weight is 268 g/mol. The van der Waals surface area contributed by atoms with Gasteiger partial charge in [-0.2, -0.15) is 0 Å². The molecule has 1 atom stereocenters. The van der Waals surface area contributed by atoms with Gasteiger partial charge in [0.25, 0.3) is 0 Å². The normalized spacial score (nSPS) is 17.0. The molecule has 18 heavy (non-hydrogen) atoms. The summed E-state index contributed by atoms with van der Waals surface area (Å²) in [6.07, 6.45) is 4.23. The molecule has 2 N–H and O–H groups in total. The van der Waals surface area contributed by atoms with Crippen molar-refractivity contribution in [3.8, 4) is 5.75 Å². The third-order valence-corrected chi connectivity index (χ3v) is 3.99. The molecule has 1 aromatic carbocycles. The summed E-state index contributed by atoms with van der Waals surface area (Å²) in [5.74, 6) is 1.35. The standard InChI is InChI=1S/C14H18ClNO2/c1-9(10-3-2-4-10)7-14(17)18-11-5-6-12(15)13(16)8-11/h5-6,8-10H,2-4,7,16H2,1H3. The molecule has 0 amide bonds. The van der Waals surface area contributed by atoms with Crippen LogP contribution in [0.5, 0.6) is 5.75 Å². The number of carbonyl (C=O) groups excluding carboxylic acids is 1. The van der Waals surface area contributed by atoms with Crippen LogP contribution in [0.4, 0.5) is 5.69 Å². The molecule has 1 aromatic rings. The number of anilines is 1. The number of esters is 1. The average Bonchev–Trinajstić information content (AvgIpc) is 2.20. The second-order valence-corrected chi connectivity index (χ2v) is 5.44. The highest BCUT2D eigenvalue weighted by atomic mass is 35.5. The first-order chi connectivity index (χ1) is 8.56. The smallest absolute Gasteiger partial charge is 0.311 e. The lowest BCUT2D eigenvalue weighted by Gasteiger charge is -2.30. The maximum atomic E-state index is 11.8. The summed E-state index contributed by atoms with van der Waals surface area (Å²) in [7, 11) is 0.